The van der Waals surface area contributed by atoms with Gasteiger partial charge in [0.1, 0.15) is 5.67 Å². The molecule has 0 heterocycles. The second-order valence-corrected chi connectivity index (χ2v) is 4.80. The summed E-state index contributed by atoms with van der Waals surface area (Å²) in [5, 5.41) is 0. The standard InChI is InChI=1S/C9H18BrFO/c1-6(9(3,4)11)8(10)7(2)12-5/h6-8H,1-5H3. The topological polar surface area (TPSA) is 9.23 Å². The van der Waals surface area contributed by atoms with E-state index in [0.29, 0.717) is 0 Å². The number of halogens is 2. The lowest BCUT2D eigenvalue weighted by Gasteiger charge is -2.30. The maximum atomic E-state index is 13.4. The summed E-state index contributed by atoms with van der Waals surface area (Å²) >= 11 is 3.44. The van der Waals surface area contributed by atoms with E-state index in [1.807, 2.05) is 13.8 Å². The quantitative estimate of drug-likeness (QED) is 0.687. The monoisotopic (exact) mass is 240 g/mol. The van der Waals surface area contributed by atoms with Gasteiger partial charge in [-0.2, -0.15) is 0 Å². The number of rotatable bonds is 4. The van der Waals surface area contributed by atoms with E-state index >= 15 is 0 Å². The highest BCUT2D eigenvalue weighted by Gasteiger charge is 2.33. The molecule has 3 unspecified atom stereocenters. The minimum Gasteiger partial charge on any atom is -0.381 e. The van der Waals surface area contributed by atoms with E-state index in [1.54, 1.807) is 21.0 Å². The lowest BCUT2D eigenvalue weighted by Crippen LogP contribution is -2.36. The molecule has 0 rings (SSSR count). The van der Waals surface area contributed by atoms with Crippen molar-refractivity contribution >= 4 is 15.9 Å². The largest absolute Gasteiger partial charge is 0.381 e. The second kappa shape index (κ2) is 4.56. The van der Waals surface area contributed by atoms with E-state index in [1.165, 1.54) is 0 Å². The highest BCUT2D eigenvalue weighted by atomic mass is 79.9. The molecule has 0 bridgehead atoms. The molecule has 0 amide bonds. The van der Waals surface area contributed by atoms with Crippen LogP contribution in [-0.4, -0.2) is 23.7 Å². The van der Waals surface area contributed by atoms with Crippen molar-refractivity contribution in [3.05, 3.63) is 0 Å². The summed E-state index contributed by atoms with van der Waals surface area (Å²) in [4.78, 5) is 0.0579. The molecule has 0 aromatic heterocycles. The number of methoxy groups -OCH3 is 1. The van der Waals surface area contributed by atoms with E-state index in [9.17, 15) is 4.39 Å². The fourth-order valence-electron chi connectivity index (χ4n) is 0.915. The van der Waals surface area contributed by atoms with Gasteiger partial charge in [-0.3, -0.25) is 0 Å². The van der Waals surface area contributed by atoms with Crippen LogP contribution >= 0.6 is 15.9 Å². The predicted octanol–water partition coefficient (Wildman–Crippen LogP) is 3.17. The Hall–Kier alpha value is 0.370. The van der Waals surface area contributed by atoms with Gasteiger partial charge < -0.3 is 4.74 Å². The van der Waals surface area contributed by atoms with Crippen molar-refractivity contribution in [2.45, 2.75) is 44.3 Å². The van der Waals surface area contributed by atoms with Crippen LogP contribution in [0.15, 0.2) is 0 Å². The van der Waals surface area contributed by atoms with Gasteiger partial charge in [0.2, 0.25) is 0 Å². The first kappa shape index (κ1) is 12.4. The van der Waals surface area contributed by atoms with Crippen molar-refractivity contribution in [1.82, 2.24) is 0 Å². The van der Waals surface area contributed by atoms with Gasteiger partial charge >= 0.3 is 0 Å². The lowest BCUT2D eigenvalue weighted by atomic mass is 9.90. The number of hydrogen-bond donors (Lipinski definition) is 0. The SMILES string of the molecule is COC(C)C(Br)C(C)C(C)(C)F. The average Bonchev–Trinajstić information content (AvgIpc) is 1.98. The summed E-state index contributed by atoms with van der Waals surface area (Å²) in [5.41, 5.74) is -1.17. The molecule has 0 aromatic rings. The lowest BCUT2D eigenvalue weighted by molar-refractivity contribution is 0.0621. The van der Waals surface area contributed by atoms with Crippen LogP contribution in [0.4, 0.5) is 4.39 Å². The Balaban J connectivity index is 4.19. The molecule has 0 saturated carbocycles. The molecule has 0 aliphatic rings. The highest BCUT2D eigenvalue weighted by Crippen LogP contribution is 2.30. The molecule has 0 aliphatic carbocycles. The fraction of sp³-hybridized carbons (Fsp3) is 1.00. The van der Waals surface area contributed by atoms with Crippen molar-refractivity contribution in [2.24, 2.45) is 5.92 Å². The van der Waals surface area contributed by atoms with E-state index in [-0.39, 0.29) is 16.8 Å². The molecule has 74 valence electrons. The maximum Gasteiger partial charge on any atom is 0.109 e. The molecule has 3 atom stereocenters. The van der Waals surface area contributed by atoms with Gasteiger partial charge in [0, 0.05) is 17.9 Å². The molecule has 1 nitrogen and oxygen atoms in total. The Bertz CT molecular complexity index is 133. The van der Waals surface area contributed by atoms with Crippen LogP contribution in [0.2, 0.25) is 0 Å². The Labute approximate surface area is 82.8 Å². The van der Waals surface area contributed by atoms with Crippen molar-refractivity contribution in [3.63, 3.8) is 0 Å². The van der Waals surface area contributed by atoms with Gasteiger partial charge in [-0.15, -0.1) is 0 Å². The van der Waals surface area contributed by atoms with E-state index in [4.69, 9.17) is 4.74 Å². The molecule has 0 aliphatic heterocycles. The van der Waals surface area contributed by atoms with Crippen LogP contribution in [0.3, 0.4) is 0 Å². The third kappa shape index (κ3) is 3.40. The first-order chi connectivity index (χ1) is 5.30. The zero-order valence-corrected chi connectivity index (χ0v) is 9.98. The molecule has 12 heavy (non-hydrogen) atoms. The Kier molecular flexibility index (Phi) is 4.70. The molecule has 0 saturated heterocycles. The summed E-state index contributed by atoms with van der Waals surface area (Å²) in [5.74, 6) is -0.0625. The molecular formula is C9H18BrFO. The molecule has 0 radical (unpaired) electrons. The smallest absolute Gasteiger partial charge is 0.109 e. The van der Waals surface area contributed by atoms with Crippen LogP contribution < -0.4 is 0 Å². The summed E-state index contributed by atoms with van der Waals surface area (Å²) in [6.45, 7) is 7.00. The molecule has 0 fully saturated rings. The van der Waals surface area contributed by atoms with Gasteiger partial charge in [0.05, 0.1) is 6.10 Å². The van der Waals surface area contributed by atoms with Gasteiger partial charge in [-0.05, 0) is 20.8 Å². The molecular weight excluding hydrogens is 223 g/mol. The Morgan fingerprint density at radius 1 is 1.33 bits per heavy atom. The highest BCUT2D eigenvalue weighted by molar-refractivity contribution is 9.09. The number of alkyl halides is 2. The fourth-order valence-corrected chi connectivity index (χ4v) is 1.76. The Morgan fingerprint density at radius 2 is 1.75 bits per heavy atom. The second-order valence-electron chi connectivity index (χ2n) is 3.74. The van der Waals surface area contributed by atoms with Gasteiger partial charge in [-0.25, -0.2) is 4.39 Å². The Morgan fingerprint density at radius 3 is 2.00 bits per heavy atom. The summed E-state index contributed by atoms with van der Waals surface area (Å²) in [6.07, 6.45) is 0.0371. The molecule has 0 spiro atoms. The molecule has 0 aromatic carbocycles. The molecule has 0 N–H and O–H groups in total. The number of hydrogen-bond acceptors (Lipinski definition) is 1. The first-order valence-electron chi connectivity index (χ1n) is 4.16. The van der Waals surface area contributed by atoms with Crippen molar-refractivity contribution in [3.8, 4) is 0 Å². The summed E-state index contributed by atoms with van der Waals surface area (Å²) in [7, 11) is 1.64. The third-order valence-electron chi connectivity index (χ3n) is 2.38. The third-order valence-corrected chi connectivity index (χ3v) is 3.92. The van der Waals surface area contributed by atoms with E-state index in [0.717, 1.165) is 0 Å². The van der Waals surface area contributed by atoms with Crippen LogP contribution in [-0.2, 0) is 4.74 Å². The van der Waals surface area contributed by atoms with E-state index < -0.39 is 5.67 Å². The zero-order valence-electron chi connectivity index (χ0n) is 8.40. The van der Waals surface area contributed by atoms with Crippen LogP contribution in [0.25, 0.3) is 0 Å². The summed E-state index contributed by atoms with van der Waals surface area (Å²) < 4.78 is 18.6. The number of ether oxygens (including phenoxy) is 1. The predicted molar refractivity (Wildman–Crippen MR) is 53.5 cm³/mol. The van der Waals surface area contributed by atoms with Gasteiger partial charge in [0.25, 0.3) is 0 Å². The minimum absolute atomic E-state index is 0.0371. The van der Waals surface area contributed by atoms with Crippen LogP contribution in [0.5, 0.6) is 0 Å². The first-order valence-corrected chi connectivity index (χ1v) is 5.08. The zero-order chi connectivity index (χ0) is 9.94. The van der Waals surface area contributed by atoms with Crippen LogP contribution in [0, 0.1) is 5.92 Å². The van der Waals surface area contributed by atoms with Gasteiger partial charge in [0.15, 0.2) is 0 Å². The average molecular weight is 241 g/mol. The van der Waals surface area contributed by atoms with Gasteiger partial charge in [-0.1, -0.05) is 22.9 Å². The van der Waals surface area contributed by atoms with Crippen molar-refractivity contribution < 1.29 is 9.13 Å². The molecule has 3 heteroatoms. The summed E-state index contributed by atoms with van der Waals surface area (Å²) in [6, 6.07) is 0. The minimum atomic E-state index is -1.17. The normalized spacial score (nSPS) is 20.2. The van der Waals surface area contributed by atoms with Crippen LogP contribution in [0.1, 0.15) is 27.7 Å². The van der Waals surface area contributed by atoms with Crippen molar-refractivity contribution in [1.29, 1.82) is 0 Å². The van der Waals surface area contributed by atoms with E-state index in [2.05, 4.69) is 15.9 Å². The van der Waals surface area contributed by atoms with Crippen molar-refractivity contribution in [2.75, 3.05) is 7.11 Å². The maximum absolute atomic E-state index is 13.4.